The number of hydrogen-bond donors (Lipinski definition) is 8. The average Bonchev–Trinajstić information content (AvgIpc) is 3.07. The van der Waals surface area contributed by atoms with Gasteiger partial charge in [-0.05, 0) is 46.9 Å². The van der Waals surface area contributed by atoms with E-state index in [1.807, 2.05) is 13.0 Å². The number of carbonyl (C=O) groups excluding carboxylic acids is 5. The van der Waals surface area contributed by atoms with E-state index in [4.69, 9.17) is 11.5 Å². The van der Waals surface area contributed by atoms with Crippen LogP contribution in [0.3, 0.4) is 0 Å². The van der Waals surface area contributed by atoms with Gasteiger partial charge in [0.15, 0.2) is 0 Å². The lowest BCUT2D eigenvalue weighted by Crippen LogP contribution is -2.60. The highest BCUT2D eigenvalue weighted by Gasteiger charge is 2.33. The van der Waals surface area contributed by atoms with E-state index in [1.165, 1.54) is 24.3 Å². The van der Waals surface area contributed by atoms with Crippen molar-refractivity contribution in [3.8, 4) is 11.5 Å². The third-order valence-electron chi connectivity index (χ3n) is 7.96. The van der Waals surface area contributed by atoms with Crippen LogP contribution < -0.4 is 32.7 Å². The number of hydrogen-bond acceptors (Lipinski definition) is 8. The molecule has 13 nitrogen and oxygen atoms in total. The van der Waals surface area contributed by atoms with Crippen LogP contribution in [-0.4, -0.2) is 70.5 Å². The Labute approximate surface area is 279 Å². The minimum Gasteiger partial charge on any atom is -0.508 e. The molecule has 3 aromatic carbocycles. The number of aromatic hydroxyl groups is 2. The molecule has 48 heavy (non-hydrogen) atoms. The Morgan fingerprint density at radius 1 is 0.625 bits per heavy atom. The van der Waals surface area contributed by atoms with E-state index in [0.717, 1.165) is 5.56 Å². The molecule has 0 aliphatic rings. The molecule has 10 N–H and O–H groups in total. The van der Waals surface area contributed by atoms with Gasteiger partial charge in [-0.15, -0.1) is 0 Å². The van der Waals surface area contributed by atoms with Gasteiger partial charge < -0.3 is 42.9 Å². The summed E-state index contributed by atoms with van der Waals surface area (Å²) in [6, 6.07) is 16.5. The molecule has 256 valence electrons. The van der Waals surface area contributed by atoms with E-state index in [-0.39, 0.29) is 43.2 Å². The first-order chi connectivity index (χ1) is 22.9. The van der Waals surface area contributed by atoms with Gasteiger partial charge in [0.05, 0.1) is 6.54 Å². The molecule has 3 aromatic rings. The Morgan fingerprint density at radius 2 is 1.04 bits per heavy atom. The summed E-state index contributed by atoms with van der Waals surface area (Å²) in [5.41, 5.74) is 13.1. The maximum atomic E-state index is 14.0. The lowest BCUT2D eigenvalue weighted by Gasteiger charge is -2.28. The van der Waals surface area contributed by atoms with Crippen LogP contribution in [0, 0.1) is 5.92 Å². The fourth-order valence-electron chi connectivity index (χ4n) is 4.97. The van der Waals surface area contributed by atoms with Gasteiger partial charge in [-0.1, -0.05) is 74.9 Å². The summed E-state index contributed by atoms with van der Waals surface area (Å²) in [7, 11) is 0. The van der Waals surface area contributed by atoms with Gasteiger partial charge in [0.25, 0.3) is 0 Å². The minimum absolute atomic E-state index is 0.00898. The monoisotopic (exact) mass is 660 g/mol. The zero-order valence-electron chi connectivity index (χ0n) is 27.0. The van der Waals surface area contributed by atoms with Gasteiger partial charge in [0.2, 0.25) is 29.5 Å². The molecular formula is C35H44N6O7. The molecule has 0 radical (unpaired) electrons. The Morgan fingerprint density at radius 3 is 1.48 bits per heavy atom. The summed E-state index contributed by atoms with van der Waals surface area (Å²) in [5, 5.41) is 30.2. The van der Waals surface area contributed by atoms with E-state index < -0.39 is 53.7 Å². The largest absolute Gasteiger partial charge is 0.508 e. The van der Waals surface area contributed by atoms with E-state index in [0.29, 0.717) is 17.5 Å². The molecule has 0 fully saturated rings. The molecule has 0 saturated carbocycles. The number of rotatable bonds is 17. The van der Waals surface area contributed by atoms with Crippen molar-refractivity contribution in [2.45, 2.75) is 63.7 Å². The normalized spacial score (nSPS) is 14.0. The van der Waals surface area contributed by atoms with E-state index in [1.54, 1.807) is 55.5 Å². The summed E-state index contributed by atoms with van der Waals surface area (Å²) in [6.07, 6.45) is 0.599. The summed E-state index contributed by atoms with van der Waals surface area (Å²) >= 11 is 0. The zero-order valence-corrected chi connectivity index (χ0v) is 27.0. The Hall–Kier alpha value is -5.43. The van der Waals surface area contributed by atoms with Crippen LogP contribution in [0.5, 0.6) is 11.5 Å². The van der Waals surface area contributed by atoms with E-state index >= 15 is 0 Å². The maximum absolute atomic E-state index is 14.0. The molecule has 0 saturated heterocycles. The maximum Gasteiger partial charge on any atom is 0.243 e. The highest BCUT2D eigenvalue weighted by Crippen LogP contribution is 2.15. The molecule has 5 unspecified atom stereocenters. The number of phenolic OH excluding ortho intramolecular Hbond substituents is 2. The van der Waals surface area contributed by atoms with E-state index in [9.17, 15) is 34.2 Å². The van der Waals surface area contributed by atoms with Gasteiger partial charge in [-0.25, -0.2) is 0 Å². The number of carbonyl (C=O) groups is 5. The molecule has 3 rings (SSSR count). The second kappa shape index (κ2) is 18.0. The summed E-state index contributed by atoms with van der Waals surface area (Å²) in [5.74, 6) is -3.64. The number of benzene rings is 3. The third kappa shape index (κ3) is 11.4. The molecule has 0 aliphatic heterocycles. The molecule has 0 spiro atoms. The molecule has 0 aromatic heterocycles. The van der Waals surface area contributed by atoms with Crippen LogP contribution in [0.1, 0.15) is 37.0 Å². The fourth-order valence-corrected chi connectivity index (χ4v) is 4.97. The number of phenols is 2. The quantitative estimate of drug-likeness (QED) is 0.102. The molecule has 5 atom stereocenters. The molecule has 5 amide bonds. The number of nitrogens with one attached hydrogen (secondary N) is 4. The molecule has 0 bridgehead atoms. The van der Waals surface area contributed by atoms with Gasteiger partial charge in [0, 0.05) is 19.3 Å². The highest BCUT2D eigenvalue weighted by atomic mass is 16.3. The minimum atomic E-state index is -1.24. The number of nitrogens with two attached hydrogens (primary N) is 2. The smallest absolute Gasteiger partial charge is 0.243 e. The second-order valence-electron chi connectivity index (χ2n) is 11.7. The molecular weight excluding hydrogens is 616 g/mol. The van der Waals surface area contributed by atoms with Crippen LogP contribution in [0.4, 0.5) is 0 Å². The lowest BCUT2D eigenvalue weighted by atomic mass is 9.97. The van der Waals surface area contributed by atoms with Crippen LogP contribution in [-0.2, 0) is 43.2 Å². The lowest BCUT2D eigenvalue weighted by molar-refractivity contribution is -0.134. The standard InChI is InChI=1S/C35H44N6O7/c1-3-21(2)31(41-30(44)20-36)35(48)40-29(19-24-11-15-26(43)16-12-24)34(47)39-28(18-23-9-13-25(42)14-10-23)33(46)38-27(32(37)45)17-22-7-5-4-6-8-22/h4-16,21,27-29,31,42-43H,3,17-20,36H2,1-2H3,(H2,37,45)(H,38,46)(H,39,47)(H,40,48)(H,41,44). The predicted octanol–water partition coefficient (Wildman–Crippen LogP) is 0.555. The topological polar surface area (TPSA) is 226 Å². The van der Waals surface area contributed by atoms with Crippen LogP contribution in [0.25, 0.3) is 0 Å². The molecule has 0 heterocycles. The number of primary amides is 1. The first kappa shape index (κ1) is 37.0. The third-order valence-corrected chi connectivity index (χ3v) is 7.96. The van der Waals surface area contributed by atoms with Gasteiger partial charge >= 0.3 is 0 Å². The first-order valence-corrected chi connectivity index (χ1v) is 15.7. The summed E-state index contributed by atoms with van der Waals surface area (Å²) in [6.45, 7) is 3.30. The Balaban J connectivity index is 1.92. The predicted molar refractivity (Wildman–Crippen MR) is 179 cm³/mol. The highest BCUT2D eigenvalue weighted by molar-refractivity contribution is 5.96. The number of amides is 5. The van der Waals surface area contributed by atoms with Crippen molar-refractivity contribution in [1.82, 2.24) is 21.3 Å². The van der Waals surface area contributed by atoms with E-state index in [2.05, 4.69) is 21.3 Å². The van der Waals surface area contributed by atoms with Gasteiger partial charge in [-0.3, -0.25) is 24.0 Å². The summed E-state index contributed by atoms with van der Waals surface area (Å²) < 4.78 is 0. The van der Waals surface area contributed by atoms with Crippen molar-refractivity contribution in [3.05, 3.63) is 95.6 Å². The Bertz CT molecular complexity index is 1530. The fraction of sp³-hybridized carbons (Fsp3) is 0.343. The zero-order chi connectivity index (χ0) is 35.2. The summed E-state index contributed by atoms with van der Waals surface area (Å²) in [4.78, 5) is 65.8. The average molecular weight is 661 g/mol. The van der Waals surface area contributed by atoms with Gasteiger partial charge in [-0.2, -0.15) is 0 Å². The van der Waals surface area contributed by atoms with Crippen molar-refractivity contribution in [2.75, 3.05) is 6.54 Å². The second-order valence-corrected chi connectivity index (χ2v) is 11.7. The van der Waals surface area contributed by atoms with Crippen molar-refractivity contribution < 1.29 is 34.2 Å². The van der Waals surface area contributed by atoms with Crippen molar-refractivity contribution in [2.24, 2.45) is 17.4 Å². The van der Waals surface area contributed by atoms with Crippen LogP contribution >= 0.6 is 0 Å². The molecule has 0 aliphatic carbocycles. The first-order valence-electron chi connectivity index (χ1n) is 15.7. The van der Waals surface area contributed by atoms with Gasteiger partial charge in [0.1, 0.15) is 35.7 Å². The van der Waals surface area contributed by atoms with Crippen molar-refractivity contribution in [3.63, 3.8) is 0 Å². The molecule has 13 heteroatoms. The van der Waals surface area contributed by atoms with Crippen molar-refractivity contribution >= 4 is 29.5 Å². The van der Waals surface area contributed by atoms with Crippen LogP contribution in [0.15, 0.2) is 78.9 Å². The van der Waals surface area contributed by atoms with Crippen LogP contribution in [0.2, 0.25) is 0 Å². The van der Waals surface area contributed by atoms with Crippen molar-refractivity contribution in [1.29, 1.82) is 0 Å². The Kier molecular flexibility index (Phi) is 13.9. The SMILES string of the molecule is CCC(C)C(NC(=O)CN)C(=O)NC(Cc1ccc(O)cc1)C(=O)NC(Cc1ccc(O)cc1)C(=O)NC(Cc1ccccc1)C(N)=O.